The zero-order valence-corrected chi connectivity index (χ0v) is 15.8. The summed E-state index contributed by atoms with van der Waals surface area (Å²) in [4.78, 5) is 27.2. The number of hydrogen-bond donors (Lipinski definition) is 1. The third kappa shape index (κ3) is 4.86. The maximum Gasteiger partial charge on any atom is 0.244 e. The van der Waals surface area contributed by atoms with Crippen molar-refractivity contribution in [2.75, 3.05) is 13.1 Å². The average molecular weight is 347 g/mol. The first-order chi connectivity index (χ1) is 12.1. The quantitative estimate of drug-likeness (QED) is 0.787. The minimum atomic E-state index is -0.398. The van der Waals surface area contributed by atoms with Gasteiger partial charge in [-0.1, -0.05) is 31.4 Å². The Morgan fingerprint density at radius 1 is 1.16 bits per heavy atom. The number of likely N-dealkylation sites (tertiary alicyclic amines) is 1. The number of nitrogens with one attached hydrogen (secondary N) is 1. The van der Waals surface area contributed by atoms with Crippen molar-refractivity contribution in [1.29, 1.82) is 0 Å². The second-order valence-corrected chi connectivity index (χ2v) is 8.57. The number of amides is 2. The van der Waals surface area contributed by atoms with Gasteiger partial charge in [-0.15, -0.1) is 0 Å². The van der Waals surface area contributed by atoms with Gasteiger partial charge in [-0.2, -0.15) is 0 Å². The fourth-order valence-corrected chi connectivity index (χ4v) is 5.00. The van der Waals surface area contributed by atoms with Crippen LogP contribution in [0.15, 0.2) is 12.2 Å². The molecule has 1 heterocycles. The maximum absolute atomic E-state index is 12.8. The summed E-state index contributed by atoms with van der Waals surface area (Å²) in [5.41, 5.74) is 0.286. The summed E-state index contributed by atoms with van der Waals surface area (Å²) in [5.74, 6) is 0.675. The molecular weight excluding hydrogens is 312 g/mol. The maximum atomic E-state index is 12.8. The summed E-state index contributed by atoms with van der Waals surface area (Å²) < 4.78 is 0. The Hall–Kier alpha value is -1.32. The van der Waals surface area contributed by atoms with Gasteiger partial charge < -0.3 is 10.2 Å². The summed E-state index contributed by atoms with van der Waals surface area (Å²) in [6.45, 7) is 3.55. The molecule has 0 bridgehead atoms. The molecule has 0 aromatic rings. The molecule has 2 aliphatic carbocycles. The molecule has 0 aromatic carbocycles. The highest BCUT2D eigenvalue weighted by atomic mass is 16.2. The summed E-state index contributed by atoms with van der Waals surface area (Å²) in [6, 6.07) is -0.398. The fourth-order valence-electron chi connectivity index (χ4n) is 5.00. The molecule has 0 radical (unpaired) electrons. The monoisotopic (exact) mass is 346 g/mol. The van der Waals surface area contributed by atoms with Crippen molar-refractivity contribution in [2.24, 2.45) is 11.3 Å². The van der Waals surface area contributed by atoms with Crippen LogP contribution in [-0.4, -0.2) is 35.8 Å². The highest BCUT2D eigenvalue weighted by Crippen LogP contribution is 2.40. The minimum absolute atomic E-state index is 0.0556. The van der Waals surface area contributed by atoms with E-state index < -0.39 is 6.04 Å². The van der Waals surface area contributed by atoms with Crippen LogP contribution in [0.1, 0.15) is 77.6 Å². The Morgan fingerprint density at radius 3 is 2.68 bits per heavy atom. The Labute approximate surface area is 152 Å². The molecule has 2 atom stereocenters. The van der Waals surface area contributed by atoms with Gasteiger partial charge in [0, 0.05) is 19.5 Å². The van der Waals surface area contributed by atoms with E-state index in [0.717, 1.165) is 45.2 Å². The molecule has 0 unspecified atom stereocenters. The molecule has 1 spiro atoms. The molecule has 3 aliphatic rings. The number of hydrogen-bond acceptors (Lipinski definition) is 2. The van der Waals surface area contributed by atoms with E-state index in [1.165, 1.54) is 32.1 Å². The Balaban J connectivity index is 1.49. The molecule has 1 saturated heterocycles. The molecular formula is C21H34N2O2. The van der Waals surface area contributed by atoms with E-state index >= 15 is 0 Å². The molecule has 0 aromatic heterocycles. The van der Waals surface area contributed by atoms with E-state index in [2.05, 4.69) is 17.5 Å². The second-order valence-electron chi connectivity index (χ2n) is 8.57. The molecule has 4 nitrogen and oxygen atoms in total. The molecule has 4 heteroatoms. The van der Waals surface area contributed by atoms with Crippen molar-refractivity contribution < 1.29 is 9.59 Å². The van der Waals surface area contributed by atoms with Gasteiger partial charge in [0.25, 0.3) is 0 Å². The summed E-state index contributed by atoms with van der Waals surface area (Å²) in [5, 5.41) is 2.97. The first-order valence-electron chi connectivity index (χ1n) is 10.3. The molecule has 140 valence electrons. The van der Waals surface area contributed by atoms with Crippen LogP contribution in [0.4, 0.5) is 0 Å². The standard InChI is InChI=1S/C21H34N2O2/c1-17(22-19(24)15-18-9-4-2-5-10-18)20(25)23-14-8-13-21(16-23)11-6-3-7-12-21/h3,6,17-18H,2,4-5,7-16H2,1H3,(H,22,24)/t17-,21+/m1/s1. The summed E-state index contributed by atoms with van der Waals surface area (Å²) in [6.07, 6.45) is 17.0. The zero-order valence-electron chi connectivity index (χ0n) is 15.8. The molecule has 2 fully saturated rings. The number of rotatable bonds is 4. The van der Waals surface area contributed by atoms with E-state index in [1.54, 1.807) is 0 Å². The van der Waals surface area contributed by atoms with E-state index in [0.29, 0.717) is 12.3 Å². The van der Waals surface area contributed by atoms with E-state index in [9.17, 15) is 9.59 Å². The molecule has 1 N–H and O–H groups in total. The van der Waals surface area contributed by atoms with Crippen molar-refractivity contribution in [1.82, 2.24) is 10.2 Å². The van der Waals surface area contributed by atoms with Gasteiger partial charge in [0.05, 0.1) is 0 Å². The van der Waals surface area contributed by atoms with Crippen LogP contribution in [0.25, 0.3) is 0 Å². The van der Waals surface area contributed by atoms with Gasteiger partial charge in [-0.05, 0) is 63.2 Å². The Kier molecular flexibility index (Phi) is 6.19. The number of piperidine rings is 1. The largest absolute Gasteiger partial charge is 0.345 e. The molecule has 25 heavy (non-hydrogen) atoms. The lowest BCUT2D eigenvalue weighted by molar-refractivity contribution is -0.139. The molecule has 3 rings (SSSR count). The third-order valence-corrected chi connectivity index (χ3v) is 6.48. The van der Waals surface area contributed by atoms with Crippen LogP contribution in [0.3, 0.4) is 0 Å². The van der Waals surface area contributed by atoms with E-state index in [1.807, 2.05) is 11.8 Å². The third-order valence-electron chi connectivity index (χ3n) is 6.48. The van der Waals surface area contributed by atoms with Gasteiger partial charge in [-0.3, -0.25) is 9.59 Å². The van der Waals surface area contributed by atoms with Crippen molar-refractivity contribution >= 4 is 11.8 Å². The number of nitrogens with zero attached hydrogens (tertiary/aromatic N) is 1. The first kappa shape index (κ1) is 18.5. The van der Waals surface area contributed by atoms with Crippen molar-refractivity contribution in [3.05, 3.63) is 12.2 Å². The van der Waals surface area contributed by atoms with Gasteiger partial charge in [0.2, 0.25) is 11.8 Å². The lowest BCUT2D eigenvalue weighted by Crippen LogP contribution is -2.53. The smallest absolute Gasteiger partial charge is 0.244 e. The van der Waals surface area contributed by atoms with Crippen LogP contribution in [0.2, 0.25) is 0 Å². The summed E-state index contributed by atoms with van der Waals surface area (Å²) >= 11 is 0. The highest BCUT2D eigenvalue weighted by molar-refractivity contribution is 5.87. The Bertz CT molecular complexity index is 510. The van der Waals surface area contributed by atoms with Gasteiger partial charge in [0.15, 0.2) is 0 Å². The molecule has 2 amide bonds. The lowest BCUT2D eigenvalue weighted by atomic mass is 9.71. The molecule has 1 aliphatic heterocycles. The lowest BCUT2D eigenvalue weighted by Gasteiger charge is -2.44. The van der Waals surface area contributed by atoms with Crippen LogP contribution < -0.4 is 5.32 Å². The van der Waals surface area contributed by atoms with Crippen molar-refractivity contribution in [2.45, 2.75) is 83.6 Å². The first-order valence-corrected chi connectivity index (χ1v) is 10.3. The Morgan fingerprint density at radius 2 is 1.96 bits per heavy atom. The van der Waals surface area contributed by atoms with Crippen LogP contribution in [0.5, 0.6) is 0 Å². The summed E-state index contributed by atoms with van der Waals surface area (Å²) in [7, 11) is 0. The van der Waals surface area contributed by atoms with Crippen LogP contribution >= 0.6 is 0 Å². The number of allylic oxidation sites excluding steroid dienone is 2. The SMILES string of the molecule is C[C@@H](NC(=O)CC1CCCCC1)C(=O)N1CCC[C@@]2(CC=CCC2)C1. The van der Waals surface area contributed by atoms with Crippen LogP contribution in [-0.2, 0) is 9.59 Å². The average Bonchev–Trinajstić information content (AvgIpc) is 2.62. The van der Waals surface area contributed by atoms with Gasteiger partial charge in [0.1, 0.15) is 6.04 Å². The zero-order chi connectivity index (χ0) is 17.7. The van der Waals surface area contributed by atoms with E-state index in [4.69, 9.17) is 0 Å². The normalized spacial score (nSPS) is 28.8. The van der Waals surface area contributed by atoms with E-state index in [-0.39, 0.29) is 17.2 Å². The molecule has 1 saturated carbocycles. The predicted octanol–water partition coefficient (Wildman–Crippen LogP) is 3.81. The van der Waals surface area contributed by atoms with Crippen LogP contribution in [0, 0.1) is 11.3 Å². The topological polar surface area (TPSA) is 49.4 Å². The minimum Gasteiger partial charge on any atom is -0.345 e. The predicted molar refractivity (Wildman–Crippen MR) is 100 cm³/mol. The number of carbonyl (C=O) groups excluding carboxylic acids is 2. The second kappa shape index (κ2) is 8.37. The van der Waals surface area contributed by atoms with Crippen molar-refractivity contribution in [3.63, 3.8) is 0 Å². The number of carbonyl (C=O) groups is 2. The van der Waals surface area contributed by atoms with Crippen molar-refractivity contribution in [3.8, 4) is 0 Å². The fraction of sp³-hybridized carbons (Fsp3) is 0.810. The van der Waals surface area contributed by atoms with Gasteiger partial charge in [-0.25, -0.2) is 0 Å². The van der Waals surface area contributed by atoms with Gasteiger partial charge >= 0.3 is 0 Å². The highest BCUT2D eigenvalue weighted by Gasteiger charge is 2.37.